The van der Waals surface area contributed by atoms with E-state index < -0.39 is 0 Å². The number of aromatic nitrogens is 1. The summed E-state index contributed by atoms with van der Waals surface area (Å²) in [6.07, 6.45) is 3.64. The maximum absolute atomic E-state index is 13.7. The molecule has 2 heterocycles. The van der Waals surface area contributed by atoms with E-state index >= 15 is 0 Å². The third-order valence-corrected chi connectivity index (χ3v) is 10.2. The summed E-state index contributed by atoms with van der Waals surface area (Å²) >= 11 is 2.97. The average molecular weight is 485 g/mol. The molecule has 2 bridgehead atoms. The Hall–Kier alpha value is -2.45. The molecule has 3 aliphatic rings. The zero-order chi connectivity index (χ0) is 22.7. The molecule has 0 spiro atoms. The molecule has 3 aromatic rings. The fraction of sp³-hybridized carbons (Fsp3) is 0.360. The van der Waals surface area contributed by atoms with Gasteiger partial charge in [0.2, 0.25) is 5.91 Å². The zero-order valence-electron chi connectivity index (χ0n) is 17.7. The normalized spacial score (nSPS) is 27.3. The van der Waals surface area contributed by atoms with Gasteiger partial charge in [-0.05, 0) is 79.0 Å². The summed E-state index contributed by atoms with van der Waals surface area (Å²) in [6, 6.07) is 12.2. The number of hydrogen-bond acceptors (Lipinski definition) is 4. The summed E-state index contributed by atoms with van der Waals surface area (Å²) in [5, 5.41) is 4.04. The van der Waals surface area contributed by atoms with E-state index in [0.717, 1.165) is 15.5 Å². The van der Waals surface area contributed by atoms with E-state index in [9.17, 15) is 18.4 Å². The van der Waals surface area contributed by atoms with E-state index in [1.807, 2.05) is 12.1 Å². The second kappa shape index (κ2) is 8.09. The quantitative estimate of drug-likeness (QED) is 0.534. The number of rotatable bonds is 4. The molecule has 5 atom stereocenters. The number of thioether (sulfide) groups is 1. The van der Waals surface area contributed by atoms with Crippen molar-refractivity contribution >= 4 is 34.7 Å². The third-order valence-electron chi connectivity index (χ3n) is 7.35. The Morgan fingerprint density at radius 2 is 1.67 bits per heavy atom. The average Bonchev–Trinajstić information content (AvgIpc) is 3.49. The van der Waals surface area contributed by atoms with Gasteiger partial charge < -0.3 is 5.32 Å². The van der Waals surface area contributed by atoms with E-state index in [1.165, 1.54) is 67.0 Å². The van der Waals surface area contributed by atoms with Crippen molar-refractivity contribution in [2.24, 2.45) is 17.8 Å². The lowest BCUT2D eigenvalue weighted by molar-refractivity contribution is -0.116. The number of benzene rings is 2. The van der Waals surface area contributed by atoms with Crippen LogP contribution in [0.4, 0.5) is 14.5 Å². The van der Waals surface area contributed by atoms with Crippen LogP contribution in [0.2, 0.25) is 0 Å². The number of amides is 1. The number of carbonyl (C=O) groups excluding carboxylic acids is 1. The van der Waals surface area contributed by atoms with E-state index in [-0.39, 0.29) is 34.9 Å². The second-order valence-electron chi connectivity index (χ2n) is 9.20. The molecule has 33 heavy (non-hydrogen) atoms. The Morgan fingerprint density at radius 1 is 1.00 bits per heavy atom. The SMILES string of the molecule is O=C(Cn1c2c(sc1=O)[C@H](c1ccc(F)cc1)C1C3CCC(C3)C1S2)Nc1ccc(F)cc1. The Labute approximate surface area is 198 Å². The van der Waals surface area contributed by atoms with Gasteiger partial charge in [-0.2, -0.15) is 0 Å². The maximum Gasteiger partial charge on any atom is 0.308 e. The van der Waals surface area contributed by atoms with Crippen LogP contribution in [0.3, 0.4) is 0 Å². The van der Waals surface area contributed by atoms with Gasteiger partial charge in [-0.1, -0.05) is 23.5 Å². The molecule has 170 valence electrons. The van der Waals surface area contributed by atoms with Gasteiger partial charge in [0.1, 0.15) is 18.2 Å². The van der Waals surface area contributed by atoms with Crippen molar-refractivity contribution in [3.63, 3.8) is 0 Å². The van der Waals surface area contributed by atoms with Crippen molar-refractivity contribution in [1.29, 1.82) is 0 Å². The topological polar surface area (TPSA) is 51.1 Å². The van der Waals surface area contributed by atoms with Crippen LogP contribution in [0.25, 0.3) is 0 Å². The fourth-order valence-corrected chi connectivity index (χ4v) is 9.16. The maximum atomic E-state index is 13.7. The van der Waals surface area contributed by atoms with E-state index in [2.05, 4.69) is 5.32 Å². The van der Waals surface area contributed by atoms with E-state index in [1.54, 1.807) is 16.3 Å². The minimum atomic E-state index is -0.375. The van der Waals surface area contributed by atoms with Gasteiger partial charge in [-0.25, -0.2) is 8.78 Å². The van der Waals surface area contributed by atoms with Crippen molar-refractivity contribution in [3.05, 3.63) is 80.3 Å². The molecular weight excluding hydrogens is 462 g/mol. The number of fused-ring (bicyclic) bond motifs is 6. The van der Waals surface area contributed by atoms with E-state index in [0.29, 0.717) is 28.7 Å². The van der Waals surface area contributed by atoms with Gasteiger partial charge in [-0.3, -0.25) is 14.2 Å². The molecule has 1 N–H and O–H groups in total. The Bertz CT molecular complexity index is 1270. The molecule has 1 amide bonds. The number of nitrogens with one attached hydrogen (secondary N) is 1. The molecule has 1 aromatic heterocycles. The van der Waals surface area contributed by atoms with Gasteiger partial charge in [0.05, 0.1) is 5.03 Å². The first-order valence-corrected chi connectivity index (χ1v) is 12.9. The summed E-state index contributed by atoms with van der Waals surface area (Å²) in [5.41, 5.74) is 1.54. The number of halogens is 2. The molecule has 4 unspecified atom stereocenters. The lowest BCUT2D eigenvalue weighted by atomic mass is 9.75. The molecule has 2 saturated carbocycles. The van der Waals surface area contributed by atoms with Crippen LogP contribution in [0, 0.1) is 29.4 Å². The molecule has 4 nitrogen and oxygen atoms in total. The smallest absolute Gasteiger partial charge is 0.308 e. The number of nitrogens with zero attached hydrogens (tertiary/aromatic N) is 1. The van der Waals surface area contributed by atoms with Gasteiger partial charge in [-0.15, -0.1) is 11.8 Å². The summed E-state index contributed by atoms with van der Waals surface area (Å²) in [6.45, 7) is -0.0866. The molecule has 0 saturated heterocycles. The van der Waals surface area contributed by atoms with Gasteiger partial charge >= 0.3 is 4.87 Å². The number of hydrogen-bond donors (Lipinski definition) is 1. The van der Waals surface area contributed by atoms with E-state index in [4.69, 9.17) is 0 Å². The summed E-state index contributed by atoms with van der Waals surface area (Å²) in [5.74, 6) is 0.781. The highest BCUT2D eigenvalue weighted by Crippen LogP contribution is 2.63. The van der Waals surface area contributed by atoms with Crippen LogP contribution >= 0.6 is 23.1 Å². The predicted octanol–water partition coefficient (Wildman–Crippen LogP) is 5.48. The molecule has 0 radical (unpaired) electrons. The first-order chi connectivity index (χ1) is 16.0. The van der Waals surface area contributed by atoms with Gasteiger partial charge in [0.25, 0.3) is 0 Å². The summed E-state index contributed by atoms with van der Waals surface area (Å²) in [7, 11) is 0. The molecule has 2 fully saturated rings. The Morgan fingerprint density at radius 3 is 2.39 bits per heavy atom. The van der Waals surface area contributed by atoms with Crippen molar-refractivity contribution in [1.82, 2.24) is 4.57 Å². The Balaban J connectivity index is 1.36. The second-order valence-corrected chi connectivity index (χ2v) is 11.4. The number of anilines is 1. The highest BCUT2D eigenvalue weighted by atomic mass is 32.2. The van der Waals surface area contributed by atoms with Crippen LogP contribution in [-0.4, -0.2) is 15.7 Å². The zero-order valence-corrected chi connectivity index (χ0v) is 19.3. The van der Waals surface area contributed by atoms with Crippen molar-refractivity contribution < 1.29 is 13.6 Å². The van der Waals surface area contributed by atoms with Crippen LogP contribution < -0.4 is 10.2 Å². The summed E-state index contributed by atoms with van der Waals surface area (Å²) < 4.78 is 28.4. The van der Waals surface area contributed by atoms with Crippen molar-refractivity contribution in [2.45, 2.75) is 42.0 Å². The first kappa shape index (κ1) is 21.1. The lowest BCUT2D eigenvalue weighted by Crippen LogP contribution is -2.34. The van der Waals surface area contributed by atoms with Gasteiger partial charge in [0, 0.05) is 21.7 Å². The molecule has 8 heteroatoms. The van der Waals surface area contributed by atoms with Crippen molar-refractivity contribution in [2.75, 3.05) is 5.32 Å². The lowest BCUT2D eigenvalue weighted by Gasteiger charge is -2.40. The van der Waals surface area contributed by atoms with Crippen LogP contribution in [0.1, 0.15) is 35.6 Å². The monoisotopic (exact) mass is 484 g/mol. The minimum Gasteiger partial charge on any atom is -0.325 e. The van der Waals surface area contributed by atoms with Crippen molar-refractivity contribution in [3.8, 4) is 0 Å². The molecular formula is C25H22F2N2O2S2. The molecule has 6 rings (SSSR count). The highest BCUT2D eigenvalue weighted by Gasteiger charge is 2.55. The fourth-order valence-electron chi connectivity index (χ4n) is 6.01. The highest BCUT2D eigenvalue weighted by molar-refractivity contribution is 8.00. The first-order valence-electron chi connectivity index (χ1n) is 11.2. The van der Waals surface area contributed by atoms with Crippen LogP contribution in [0.5, 0.6) is 0 Å². The molecule has 2 aromatic carbocycles. The standard InChI is InChI=1S/C25H22F2N2O2S2/c26-16-5-3-13(4-6-16)20-21-14-1-2-15(11-14)22(21)32-24-23(20)33-25(31)29(24)12-19(30)28-18-9-7-17(27)8-10-18/h3-10,14-15,20-22H,1-2,11-12H2,(H,28,30)/t14?,15?,20-,21?,22?/m1/s1. The van der Waals surface area contributed by atoms with Crippen LogP contribution in [0.15, 0.2) is 58.4 Å². The molecule has 1 aliphatic heterocycles. The van der Waals surface area contributed by atoms with Crippen LogP contribution in [-0.2, 0) is 11.3 Å². The minimum absolute atomic E-state index is 0.0567. The Kier molecular flexibility index (Phi) is 5.18. The number of thiazole rings is 1. The third kappa shape index (κ3) is 3.64. The summed E-state index contributed by atoms with van der Waals surface area (Å²) in [4.78, 5) is 26.6. The largest absolute Gasteiger partial charge is 0.325 e. The predicted molar refractivity (Wildman–Crippen MR) is 126 cm³/mol. The number of carbonyl (C=O) groups is 1. The molecule has 2 aliphatic carbocycles. The van der Waals surface area contributed by atoms with Gasteiger partial charge in [0.15, 0.2) is 0 Å².